The molecule has 0 aliphatic carbocycles. The largest absolute Gasteiger partial charge is 0.325 e. The summed E-state index contributed by atoms with van der Waals surface area (Å²) in [6, 6.07) is 7.56. The van der Waals surface area contributed by atoms with Crippen molar-refractivity contribution < 1.29 is 4.79 Å². The van der Waals surface area contributed by atoms with Crippen LogP contribution in [0.5, 0.6) is 0 Å². The van der Waals surface area contributed by atoms with Crippen molar-refractivity contribution in [1.82, 2.24) is 19.9 Å². The Morgan fingerprint density at radius 2 is 2.03 bits per heavy atom. The van der Waals surface area contributed by atoms with Crippen molar-refractivity contribution in [2.75, 3.05) is 31.3 Å². The molecule has 8 heteroatoms. The number of pyridine rings is 1. The number of aryl methyl sites for hydroxylation is 2. The van der Waals surface area contributed by atoms with Gasteiger partial charge < -0.3 is 15.5 Å². The summed E-state index contributed by atoms with van der Waals surface area (Å²) in [5.41, 5.74) is 6.03. The summed E-state index contributed by atoms with van der Waals surface area (Å²) in [4.78, 5) is 28.4. The Bertz CT molecular complexity index is 1150. The van der Waals surface area contributed by atoms with Crippen LogP contribution in [0.3, 0.4) is 0 Å². The summed E-state index contributed by atoms with van der Waals surface area (Å²) in [6.07, 6.45) is 6.70. The van der Waals surface area contributed by atoms with Gasteiger partial charge in [0.1, 0.15) is 0 Å². The monoisotopic (exact) mass is 450 g/mol. The van der Waals surface area contributed by atoms with Crippen molar-refractivity contribution in [1.29, 1.82) is 0 Å². The van der Waals surface area contributed by atoms with Crippen molar-refractivity contribution in [3.63, 3.8) is 0 Å². The van der Waals surface area contributed by atoms with Crippen LogP contribution in [0.25, 0.3) is 11.3 Å². The molecule has 0 bridgehead atoms. The maximum atomic E-state index is 12.3. The van der Waals surface area contributed by atoms with Crippen LogP contribution in [0.1, 0.15) is 30.2 Å². The molecule has 0 radical (unpaired) electrons. The predicted molar refractivity (Wildman–Crippen MR) is 129 cm³/mol. The van der Waals surface area contributed by atoms with Crippen LogP contribution in [0, 0.1) is 0 Å². The van der Waals surface area contributed by atoms with E-state index in [1.807, 2.05) is 12.3 Å². The van der Waals surface area contributed by atoms with Crippen molar-refractivity contribution in [3.05, 3.63) is 58.5 Å². The molecule has 1 aromatic carbocycles. The predicted octanol–water partition coefficient (Wildman–Crippen LogP) is 4.49. The van der Waals surface area contributed by atoms with Gasteiger partial charge >= 0.3 is 0 Å². The maximum absolute atomic E-state index is 12.3. The van der Waals surface area contributed by atoms with Crippen LogP contribution in [-0.4, -0.2) is 46.4 Å². The standard InChI is InChI=1S/C24H27ClN6O/c1-4-19-21(10-15(13-26-19)6-5-9-31(2)3)29-24-27-14-16-11-22(32)28-20-12-17(25)7-8-18(20)23(16)30-24/h7-8,10,12-14H,4-6,9,11H2,1-3H3,(H,28,32)(H,27,29,30). The van der Waals surface area contributed by atoms with Crippen molar-refractivity contribution in [2.24, 2.45) is 0 Å². The van der Waals surface area contributed by atoms with Gasteiger partial charge in [-0.05, 0) is 69.7 Å². The molecular formula is C24H27ClN6O. The van der Waals surface area contributed by atoms with E-state index in [1.165, 1.54) is 5.56 Å². The number of carbonyl (C=O) groups is 1. The first kappa shape index (κ1) is 22.2. The highest BCUT2D eigenvalue weighted by Crippen LogP contribution is 2.35. The Labute approximate surface area is 193 Å². The SMILES string of the molecule is CCc1ncc(CCCN(C)C)cc1Nc1ncc2c(n1)-c1ccc(Cl)cc1NC(=O)C2. The molecule has 1 amide bonds. The number of amides is 1. The van der Waals surface area contributed by atoms with Crippen LogP contribution in [0.15, 0.2) is 36.7 Å². The average Bonchev–Trinajstić information content (AvgIpc) is 2.88. The second-order valence-electron chi connectivity index (χ2n) is 8.21. The van der Waals surface area contributed by atoms with Gasteiger partial charge in [0.25, 0.3) is 0 Å². The van der Waals surface area contributed by atoms with Gasteiger partial charge in [0.2, 0.25) is 11.9 Å². The lowest BCUT2D eigenvalue weighted by Crippen LogP contribution is -2.13. The number of hydrogen-bond donors (Lipinski definition) is 2. The lowest BCUT2D eigenvalue weighted by molar-refractivity contribution is -0.115. The van der Waals surface area contributed by atoms with Gasteiger partial charge in [-0.1, -0.05) is 18.5 Å². The van der Waals surface area contributed by atoms with Gasteiger partial charge in [-0.3, -0.25) is 9.78 Å². The summed E-state index contributed by atoms with van der Waals surface area (Å²) in [5, 5.41) is 6.83. The number of rotatable bonds is 7. The minimum Gasteiger partial charge on any atom is -0.325 e. The van der Waals surface area contributed by atoms with E-state index in [1.54, 1.807) is 18.3 Å². The number of hydrogen-bond acceptors (Lipinski definition) is 6. The second-order valence-corrected chi connectivity index (χ2v) is 8.64. The van der Waals surface area contributed by atoms with Gasteiger partial charge in [0.15, 0.2) is 0 Å². The zero-order valence-electron chi connectivity index (χ0n) is 18.6. The summed E-state index contributed by atoms with van der Waals surface area (Å²) in [6.45, 7) is 3.11. The third-order valence-corrected chi connectivity index (χ3v) is 5.64. The van der Waals surface area contributed by atoms with Crippen LogP contribution < -0.4 is 10.6 Å². The Balaban J connectivity index is 1.65. The van der Waals surface area contributed by atoms with E-state index in [-0.39, 0.29) is 12.3 Å². The zero-order valence-corrected chi connectivity index (χ0v) is 19.3. The van der Waals surface area contributed by atoms with Gasteiger partial charge in [0, 0.05) is 28.5 Å². The summed E-state index contributed by atoms with van der Waals surface area (Å²) < 4.78 is 0. The number of fused-ring (bicyclic) bond motifs is 3. The van der Waals surface area contributed by atoms with E-state index >= 15 is 0 Å². The molecule has 0 fully saturated rings. The molecule has 2 aromatic heterocycles. The molecular weight excluding hydrogens is 424 g/mol. The summed E-state index contributed by atoms with van der Waals surface area (Å²) in [5.74, 6) is 0.361. The molecule has 7 nitrogen and oxygen atoms in total. The quantitative estimate of drug-likeness (QED) is 0.552. The van der Waals surface area contributed by atoms with E-state index in [2.05, 4.69) is 52.6 Å². The molecule has 0 spiro atoms. The number of carbonyl (C=O) groups excluding carboxylic acids is 1. The smallest absolute Gasteiger partial charge is 0.228 e. The fourth-order valence-electron chi connectivity index (χ4n) is 3.81. The number of nitrogens with one attached hydrogen (secondary N) is 2. The van der Waals surface area contributed by atoms with E-state index in [0.29, 0.717) is 16.7 Å². The van der Waals surface area contributed by atoms with Crippen LogP contribution in [-0.2, 0) is 24.1 Å². The second kappa shape index (κ2) is 9.63. The molecule has 1 aliphatic heterocycles. The van der Waals surface area contributed by atoms with Gasteiger partial charge in [-0.2, -0.15) is 0 Å². The minimum atomic E-state index is -0.112. The molecule has 0 saturated heterocycles. The van der Waals surface area contributed by atoms with Crippen molar-refractivity contribution in [3.8, 4) is 11.3 Å². The Kier molecular flexibility index (Phi) is 6.67. The Morgan fingerprint density at radius 1 is 1.19 bits per heavy atom. The van der Waals surface area contributed by atoms with Crippen LogP contribution >= 0.6 is 11.6 Å². The first-order valence-electron chi connectivity index (χ1n) is 10.8. The molecule has 0 unspecified atom stereocenters. The highest BCUT2D eigenvalue weighted by molar-refractivity contribution is 6.31. The van der Waals surface area contributed by atoms with E-state index in [9.17, 15) is 4.79 Å². The highest BCUT2D eigenvalue weighted by Gasteiger charge is 2.21. The lowest BCUT2D eigenvalue weighted by Gasteiger charge is -2.14. The molecule has 0 atom stereocenters. The fourth-order valence-corrected chi connectivity index (χ4v) is 3.98. The van der Waals surface area contributed by atoms with Gasteiger partial charge in [-0.25, -0.2) is 9.97 Å². The van der Waals surface area contributed by atoms with Crippen LogP contribution in [0.2, 0.25) is 5.02 Å². The molecule has 3 heterocycles. The minimum absolute atomic E-state index is 0.112. The van der Waals surface area contributed by atoms with Gasteiger partial charge in [0.05, 0.1) is 29.2 Å². The van der Waals surface area contributed by atoms with Gasteiger partial charge in [-0.15, -0.1) is 0 Å². The summed E-state index contributed by atoms with van der Waals surface area (Å²) >= 11 is 6.14. The summed E-state index contributed by atoms with van der Waals surface area (Å²) in [7, 11) is 4.16. The molecule has 0 saturated carbocycles. The topological polar surface area (TPSA) is 83.0 Å². The molecule has 1 aliphatic rings. The van der Waals surface area contributed by atoms with E-state index in [4.69, 9.17) is 16.6 Å². The Morgan fingerprint density at radius 3 is 2.81 bits per heavy atom. The third kappa shape index (κ3) is 5.06. The zero-order chi connectivity index (χ0) is 22.7. The van der Waals surface area contributed by atoms with Crippen molar-refractivity contribution >= 4 is 34.8 Å². The molecule has 32 heavy (non-hydrogen) atoms. The number of nitrogens with zero attached hydrogens (tertiary/aromatic N) is 4. The third-order valence-electron chi connectivity index (χ3n) is 5.41. The number of benzene rings is 1. The molecule has 2 N–H and O–H groups in total. The first-order valence-corrected chi connectivity index (χ1v) is 11.2. The normalized spacial score (nSPS) is 12.7. The highest BCUT2D eigenvalue weighted by atomic mass is 35.5. The number of halogens is 1. The molecule has 166 valence electrons. The molecule has 4 rings (SSSR count). The molecule has 3 aromatic rings. The number of aromatic nitrogens is 3. The number of anilines is 3. The van der Waals surface area contributed by atoms with Crippen molar-refractivity contribution in [2.45, 2.75) is 32.6 Å². The van der Waals surface area contributed by atoms with E-state index < -0.39 is 0 Å². The fraction of sp³-hybridized carbons (Fsp3) is 0.333. The Hall–Kier alpha value is -3.03. The first-order chi connectivity index (χ1) is 15.4. The maximum Gasteiger partial charge on any atom is 0.228 e. The van der Waals surface area contributed by atoms with E-state index in [0.717, 1.165) is 54.0 Å². The average molecular weight is 451 g/mol. The van der Waals surface area contributed by atoms with Crippen LogP contribution in [0.4, 0.5) is 17.3 Å². The lowest BCUT2D eigenvalue weighted by atomic mass is 10.1.